The van der Waals surface area contributed by atoms with E-state index < -0.39 is 5.97 Å². The van der Waals surface area contributed by atoms with Crippen molar-refractivity contribution in [3.05, 3.63) is 41.5 Å². The number of hydrogen-bond acceptors (Lipinski definition) is 3. The molecule has 0 spiro atoms. The van der Waals surface area contributed by atoms with E-state index in [0.29, 0.717) is 0 Å². The van der Waals surface area contributed by atoms with Crippen LogP contribution in [-0.2, 0) is 4.79 Å². The van der Waals surface area contributed by atoms with Crippen LogP contribution in [0.15, 0.2) is 30.4 Å². The summed E-state index contributed by atoms with van der Waals surface area (Å²) in [6, 6.07) is 4.94. The summed E-state index contributed by atoms with van der Waals surface area (Å²) in [5.41, 5.74) is 2.14. The zero-order valence-corrected chi connectivity index (χ0v) is 13.6. The maximum atomic E-state index is 13.0. The van der Waals surface area contributed by atoms with Gasteiger partial charge < -0.3 is 15.3 Å². The molecule has 3 aliphatic rings. The van der Waals surface area contributed by atoms with Crippen molar-refractivity contribution in [3.63, 3.8) is 0 Å². The van der Waals surface area contributed by atoms with Crippen LogP contribution in [0.4, 0.5) is 5.69 Å². The molecule has 2 N–H and O–H groups in total. The molecule has 1 aliphatic carbocycles. The molecule has 4 rings (SSSR count). The van der Waals surface area contributed by atoms with Crippen LogP contribution in [-0.4, -0.2) is 41.0 Å². The average molecular weight is 326 g/mol. The third kappa shape index (κ3) is 2.48. The van der Waals surface area contributed by atoms with Crippen LogP contribution in [0.3, 0.4) is 0 Å². The molecule has 0 saturated carbocycles. The van der Waals surface area contributed by atoms with Crippen molar-refractivity contribution >= 4 is 17.6 Å². The van der Waals surface area contributed by atoms with Crippen LogP contribution in [0.25, 0.3) is 0 Å². The van der Waals surface area contributed by atoms with Crippen LogP contribution in [0.2, 0.25) is 0 Å². The van der Waals surface area contributed by atoms with Crippen LogP contribution in [0, 0.1) is 5.92 Å². The van der Waals surface area contributed by atoms with E-state index in [2.05, 4.69) is 17.5 Å². The van der Waals surface area contributed by atoms with Gasteiger partial charge >= 0.3 is 5.97 Å². The molecule has 1 aromatic rings. The van der Waals surface area contributed by atoms with Crippen LogP contribution in [0.1, 0.15) is 47.5 Å². The largest absolute Gasteiger partial charge is 0.478 e. The molecular weight excluding hydrogens is 304 g/mol. The number of benzene rings is 1. The molecule has 24 heavy (non-hydrogen) atoms. The number of allylic oxidation sites excluding steroid dienone is 2. The van der Waals surface area contributed by atoms with Crippen molar-refractivity contribution in [1.82, 2.24) is 4.90 Å². The first-order chi connectivity index (χ1) is 11.6. The zero-order chi connectivity index (χ0) is 16.7. The Bertz CT molecular complexity index is 707. The number of piperidine rings is 1. The minimum Gasteiger partial charge on any atom is -0.478 e. The van der Waals surface area contributed by atoms with E-state index in [-0.39, 0.29) is 29.3 Å². The first-order valence-corrected chi connectivity index (χ1v) is 8.74. The molecule has 3 atom stereocenters. The molecule has 5 heteroatoms. The van der Waals surface area contributed by atoms with Crippen molar-refractivity contribution in [2.75, 3.05) is 18.4 Å². The standard InChI is InChI=1S/C19H22N2O3/c22-18(21-9-2-1-3-10-21)17-15-6-4-5-13(15)14-8-7-12(19(23)24)11-16(14)20-17/h4-5,7-8,11,13,15,17,20H,1-3,6,9-10H2,(H,23,24). The van der Waals surface area contributed by atoms with E-state index in [1.165, 1.54) is 6.42 Å². The predicted octanol–water partition coefficient (Wildman–Crippen LogP) is 2.85. The number of carboxylic acids is 1. The average Bonchev–Trinajstić information content (AvgIpc) is 3.10. The molecule has 1 aromatic carbocycles. The zero-order valence-electron chi connectivity index (χ0n) is 13.6. The minimum absolute atomic E-state index is 0.166. The number of carbonyl (C=O) groups is 2. The maximum Gasteiger partial charge on any atom is 0.335 e. The highest BCUT2D eigenvalue weighted by Crippen LogP contribution is 2.45. The van der Waals surface area contributed by atoms with Gasteiger partial charge in [0.25, 0.3) is 0 Å². The summed E-state index contributed by atoms with van der Waals surface area (Å²) in [4.78, 5) is 26.3. The van der Waals surface area contributed by atoms with Crippen LogP contribution in [0.5, 0.6) is 0 Å². The predicted molar refractivity (Wildman–Crippen MR) is 91.2 cm³/mol. The second-order valence-electron chi connectivity index (χ2n) is 6.97. The Balaban J connectivity index is 1.66. The molecule has 0 radical (unpaired) electrons. The van der Waals surface area contributed by atoms with Crippen molar-refractivity contribution in [2.24, 2.45) is 5.92 Å². The maximum absolute atomic E-state index is 13.0. The van der Waals surface area contributed by atoms with E-state index in [0.717, 1.165) is 43.6 Å². The molecule has 2 heterocycles. The Morgan fingerprint density at radius 1 is 1.17 bits per heavy atom. The first kappa shape index (κ1) is 15.2. The highest BCUT2D eigenvalue weighted by molar-refractivity contribution is 5.91. The highest BCUT2D eigenvalue weighted by Gasteiger charge is 2.42. The number of carboxylic acid groups (broad SMARTS) is 1. The van der Waals surface area contributed by atoms with Gasteiger partial charge in [0.15, 0.2) is 0 Å². The number of nitrogens with one attached hydrogen (secondary N) is 1. The van der Waals surface area contributed by atoms with Gasteiger partial charge in [-0.25, -0.2) is 4.79 Å². The van der Waals surface area contributed by atoms with Gasteiger partial charge in [-0.1, -0.05) is 18.2 Å². The number of amides is 1. The molecular formula is C19H22N2O3. The third-order valence-electron chi connectivity index (χ3n) is 5.55. The lowest BCUT2D eigenvalue weighted by Gasteiger charge is -2.39. The van der Waals surface area contributed by atoms with Crippen molar-refractivity contribution in [2.45, 2.75) is 37.6 Å². The molecule has 0 aromatic heterocycles. The summed E-state index contributed by atoms with van der Waals surface area (Å²) in [7, 11) is 0. The summed E-state index contributed by atoms with van der Waals surface area (Å²) in [6.45, 7) is 1.67. The van der Waals surface area contributed by atoms with Gasteiger partial charge in [0, 0.05) is 30.6 Å². The van der Waals surface area contributed by atoms with E-state index in [1.54, 1.807) is 12.1 Å². The molecule has 3 unspecified atom stereocenters. The number of carbonyl (C=O) groups excluding carboxylic acids is 1. The van der Waals surface area contributed by atoms with Crippen molar-refractivity contribution in [3.8, 4) is 0 Å². The number of aromatic carboxylic acids is 1. The summed E-state index contributed by atoms with van der Waals surface area (Å²) in [5.74, 6) is -0.354. The fraction of sp³-hybridized carbons (Fsp3) is 0.474. The number of anilines is 1. The summed E-state index contributed by atoms with van der Waals surface area (Å²) < 4.78 is 0. The van der Waals surface area contributed by atoms with Gasteiger partial charge in [-0.05, 0) is 43.4 Å². The molecule has 1 fully saturated rings. The van der Waals surface area contributed by atoms with Gasteiger partial charge in [-0.15, -0.1) is 0 Å². The number of hydrogen-bond donors (Lipinski definition) is 2. The van der Waals surface area contributed by atoms with Crippen LogP contribution >= 0.6 is 0 Å². The molecule has 2 aliphatic heterocycles. The summed E-state index contributed by atoms with van der Waals surface area (Å²) >= 11 is 0. The normalized spacial score (nSPS) is 28.0. The summed E-state index contributed by atoms with van der Waals surface area (Å²) in [6.07, 6.45) is 8.55. The molecule has 5 nitrogen and oxygen atoms in total. The van der Waals surface area contributed by atoms with Crippen molar-refractivity contribution in [1.29, 1.82) is 0 Å². The Kier molecular flexibility index (Phi) is 3.79. The second kappa shape index (κ2) is 5.96. The second-order valence-corrected chi connectivity index (χ2v) is 6.97. The minimum atomic E-state index is -0.942. The number of nitrogens with zero attached hydrogens (tertiary/aromatic N) is 1. The lowest BCUT2D eigenvalue weighted by Crippen LogP contribution is -2.50. The molecule has 0 bridgehead atoms. The van der Waals surface area contributed by atoms with Gasteiger partial charge in [0.05, 0.1) is 5.56 Å². The Morgan fingerprint density at radius 3 is 2.71 bits per heavy atom. The van der Waals surface area contributed by atoms with Gasteiger partial charge in [-0.3, -0.25) is 4.79 Å². The highest BCUT2D eigenvalue weighted by atomic mass is 16.4. The van der Waals surface area contributed by atoms with E-state index in [4.69, 9.17) is 0 Å². The fourth-order valence-electron chi connectivity index (χ4n) is 4.28. The lowest BCUT2D eigenvalue weighted by molar-refractivity contribution is -0.134. The lowest BCUT2D eigenvalue weighted by atomic mass is 9.78. The smallest absolute Gasteiger partial charge is 0.335 e. The van der Waals surface area contributed by atoms with Gasteiger partial charge in [0.1, 0.15) is 6.04 Å². The van der Waals surface area contributed by atoms with Gasteiger partial charge in [0.2, 0.25) is 5.91 Å². The van der Waals surface area contributed by atoms with E-state index in [1.807, 2.05) is 11.0 Å². The number of fused-ring (bicyclic) bond motifs is 3. The van der Waals surface area contributed by atoms with E-state index >= 15 is 0 Å². The summed E-state index contributed by atoms with van der Waals surface area (Å²) in [5, 5.41) is 12.6. The SMILES string of the molecule is O=C(O)c1ccc2c(c1)NC(C(=O)N1CCCCC1)C1CC=CC21. The molecule has 1 saturated heterocycles. The fourth-order valence-corrected chi connectivity index (χ4v) is 4.28. The quantitative estimate of drug-likeness (QED) is 0.820. The number of rotatable bonds is 2. The molecule has 126 valence electrons. The number of likely N-dealkylation sites (tertiary alicyclic amines) is 1. The van der Waals surface area contributed by atoms with E-state index in [9.17, 15) is 14.7 Å². The Morgan fingerprint density at radius 2 is 1.96 bits per heavy atom. The first-order valence-electron chi connectivity index (χ1n) is 8.74. The topological polar surface area (TPSA) is 69.6 Å². The van der Waals surface area contributed by atoms with Gasteiger partial charge in [-0.2, -0.15) is 0 Å². The Hall–Kier alpha value is -2.30. The monoisotopic (exact) mass is 326 g/mol. The third-order valence-corrected chi connectivity index (χ3v) is 5.55. The van der Waals surface area contributed by atoms with Crippen molar-refractivity contribution < 1.29 is 14.7 Å². The van der Waals surface area contributed by atoms with Crippen LogP contribution < -0.4 is 5.32 Å². The molecule has 1 amide bonds. The Labute approximate surface area is 141 Å².